The van der Waals surface area contributed by atoms with Crippen molar-refractivity contribution in [2.24, 2.45) is 11.7 Å². The maximum absolute atomic E-state index is 11.9. The zero-order valence-electron chi connectivity index (χ0n) is 10.2. The van der Waals surface area contributed by atoms with Crippen molar-refractivity contribution >= 4 is 5.91 Å². The van der Waals surface area contributed by atoms with Gasteiger partial charge in [0.1, 0.15) is 0 Å². The molecule has 0 saturated carbocycles. The summed E-state index contributed by atoms with van der Waals surface area (Å²) in [5, 5.41) is 0. The average Bonchev–Trinajstić information content (AvgIpc) is 2.71. The standard InChI is InChI=1S/C12H23N3O/c1-2-14-5-3-11(4-6-14)15-9-10(8-13)7-12(15)16/h10-11H,2-9,13H2,1H3. The van der Waals surface area contributed by atoms with Gasteiger partial charge < -0.3 is 15.5 Å². The summed E-state index contributed by atoms with van der Waals surface area (Å²) in [4.78, 5) is 16.4. The first-order valence-corrected chi connectivity index (χ1v) is 6.46. The summed E-state index contributed by atoms with van der Waals surface area (Å²) >= 11 is 0. The average molecular weight is 225 g/mol. The monoisotopic (exact) mass is 225 g/mol. The number of piperidine rings is 1. The molecule has 1 amide bonds. The van der Waals surface area contributed by atoms with Gasteiger partial charge in [-0.25, -0.2) is 0 Å². The van der Waals surface area contributed by atoms with E-state index in [0.717, 1.165) is 39.0 Å². The molecule has 0 aromatic rings. The van der Waals surface area contributed by atoms with E-state index in [2.05, 4.69) is 16.7 Å². The smallest absolute Gasteiger partial charge is 0.223 e. The third kappa shape index (κ3) is 2.38. The number of amides is 1. The lowest BCUT2D eigenvalue weighted by Gasteiger charge is -2.36. The summed E-state index contributed by atoms with van der Waals surface area (Å²) in [5.74, 6) is 0.724. The van der Waals surface area contributed by atoms with Gasteiger partial charge in [0.25, 0.3) is 0 Å². The molecule has 2 saturated heterocycles. The first kappa shape index (κ1) is 11.9. The minimum Gasteiger partial charge on any atom is -0.339 e. The summed E-state index contributed by atoms with van der Waals surface area (Å²) in [6.07, 6.45) is 2.94. The number of nitrogens with two attached hydrogens (primary N) is 1. The first-order chi connectivity index (χ1) is 7.74. The molecule has 0 aliphatic carbocycles. The number of hydrogen-bond donors (Lipinski definition) is 1. The molecule has 2 N–H and O–H groups in total. The van der Waals surface area contributed by atoms with Crippen molar-refractivity contribution in [2.75, 3.05) is 32.7 Å². The van der Waals surface area contributed by atoms with E-state index in [1.807, 2.05) is 0 Å². The molecule has 0 aromatic heterocycles. The van der Waals surface area contributed by atoms with E-state index in [9.17, 15) is 4.79 Å². The first-order valence-electron chi connectivity index (χ1n) is 6.46. The molecule has 2 aliphatic rings. The van der Waals surface area contributed by atoms with Crippen LogP contribution in [-0.2, 0) is 4.79 Å². The summed E-state index contributed by atoms with van der Waals surface area (Å²) in [6.45, 7) is 7.15. The number of nitrogens with zero attached hydrogens (tertiary/aromatic N) is 2. The second-order valence-corrected chi connectivity index (χ2v) is 5.02. The van der Waals surface area contributed by atoms with Crippen molar-refractivity contribution in [1.82, 2.24) is 9.80 Å². The van der Waals surface area contributed by atoms with Gasteiger partial charge in [-0.15, -0.1) is 0 Å². The fourth-order valence-corrected chi connectivity index (χ4v) is 2.87. The predicted octanol–water partition coefficient (Wildman–Crippen LogP) is 0.278. The molecule has 2 rings (SSSR count). The van der Waals surface area contributed by atoms with E-state index in [4.69, 9.17) is 5.73 Å². The minimum atomic E-state index is 0.324. The van der Waals surface area contributed by atoms with Crippen LogP contribution in [0.1, 0.15) is 26.2 Å². The van der Waals surface area contributed by atoms with Crippen LogP contribution in [0.25, 0.3) is 0 Å². The molecule has 4 nitrogen and oxygen atoms in total. The Labute approximate surface area is 97.8 Å². The van der Waals surface area contributed by atoms with Crippen LogP contribution in [0.15, 0.2) is 0 Å². The molecule has 1 unspecified atom stereocenters. The van der Waals surface area contributed by atoms with Crippen molar-refractivity contribution in [1.29, 1.82) is 0 Å². The van der Waals surface area contributed by atoms with Crippen LogP contribution >= 0.6 is 0 Å². The summed E-state index contributed by atoms with van der Waals surface area (Å²) in [7, 11) is 0. The predicted molar refractivity (Wildman–Crippen MR) is 64.0 cm³/mol. The van der Waals surface area contributed by atoms with Crippen LogP contribution in [0.3, 0.4) is 0 Å². The highest BCUT2D eigenvalue weighted by molar-refractivity contribution is 5.79. The largest absolute Gasteiger partial charge is 0.339 e. The molecule has 2 heterocycles. The second-order valence-electron chi connectivity index (χ2n) is 5.02. The van der Waals surface area contributed by atoms with Crippen molar-refractivity contribution in [3.05, 3.63) is 0 Å². The highest BCUT2D eigenvalue weighted by Gasteiger charge is 2.34. The lowest BCUT2D eigenvalue weighted by atomic mass is 10.0. The maximum Gasteiger partial charge on any atom is 0.223 e. The lowest BCUT2D eigenvalue weighted by molar-refractivity contribution is -0.130. The van der Waals surface area contributed by atoms with Crippen LogP contribution in [0.5, 0.6) is 0 Å². The third-order valence-electron chi connectivity index (χ3n) is 4.02. The Kier molecular flexibility index (Phi) is 3.82. The molecular formula is C12H23N3O. The van der Waals surface area contributed by atoms with Crippen molar-refractivity contribution in [2.45, 2.75) is 32.2 Å². The van der Waals surface area contributed by atoms with Crippen LogP contribution in [0.4, 0.5) is 0 Å². The van der Waals surface area contributed by atoms with Crippen molar-refractivity contribution in [3.8, 4) is 0 Å². The van der Waals surface area contributed by atoms with Gasteiger partial charge in [-0.05, 0) is 31.8 Å². The number of hydrogen-bond acceptors (Lipinski definition) is 3. The van der Waals surface area contributed by atoms with E-state index in [1.165, 1.54) is 0 Å². The minimum absolute atomic E-state index is 0.324. The van der Waals surface area contributed by atoms with Gasteiger partial charge in [0.15, 0.2) is 0 Å². The Morgan fingerprint density at radius 2 is 2.06 bits per heavy atom. The van der Waals surface area contributed by atoms with E-state index < -0.39 is 0 Å². The molecule has 4 heteroatoms. The molecule has 0 bridgehead atoms. The topological polar surface area (TPSA) is 49.6 Å². The Bertz CT molecular complexity index is 249. The molecule has 2 fully saturated rings. The fraction of sp³-hybridized carbons (Fsp3) is 0.917. The van der Waals surface area contributed by atoms with Gasteiger partial charge in [-0.3, -0.25) is 4.79 Å². The summed E-state index contributed by atoms with van der Waals surface area (Å²) in [5.41, 5.74) is 5.64. The second kappa shape index (κ2) is 5.15. The molecule has 2 aliphatic heterocycles. The lowest BCUT2D eigenvalue weighted by Crippen LogP contribution is -2.45. The van der Waals surface area contributed by atoms with Gasteiger partial charge in [-0.1, -0.05) is 6.92 Å². The normalized spacial score (nSPS) is 29.0. The van der Waals surface area contributed by atoms with Crippen LogP contribution < -0.4 is 5.73 Å². The quantitative estimate of drug-likeness (QED) is 0.750. The molecule has 1 atom stereocenters. The van der Waals surface area contributed by atoms with Gasteiger partial charge >= 0.3 is 0 Å². The summed E-state index contributed by atoms with van der Waals surface area (Å²) in [6, 6.07) is 0.479. The van der Waals surface area contributed by atoms with Gasteiger partial charge in [-0.2, -0.15) is 0 Å². The third-order valence-corrected chi connectivity index (χ3v) is 4.02. The van der Waals surface area contributed by atoms with E-state index in [0.29, 0.717) is 30.8 Å². The number of likely N-dealkylation sites (tertiary alicyclic amines) is 2. The van der Waals surface area contributed by atoms with Gasteiger partial charge in [0.05, 0.1) is 0 Å². The zero-order chi connectivity index (χ0) is 11.5. The summed E-state index contributed by atoms with van der Waals surface area (Å²) < 4.78 is 0. The van der Waals surface area contributed by atoms with Gasteiger partial charge in [0.2, 0.25) is 5.91 Å². The Hall–Kier alpha value is -0.610. The SMILES string of the molecule is CCN1CCC(N2CC(CN)CC2=O)CC1. The van der Waals surface area contributed by atoms with E-state index in [-0.39, 0.29) is 0 Å². The molecule has 0 radical (unpaired) electrons. The molecular weight excluding hydrogens is 202 g/mol. The number of rotatable bonds is 3. The molecule has 0 aromatic carbocycles. The van der Waals surface area contributed by atoms with Crippen molar-refractivity contribution in [3.63, 3.8) is 0 Å². The van der Waals surface area contributed by atoms with E-state index >= 15 is 0 Å². The Morgan fingerprint density at radius 3 is 2.56 bits per heavy atom. The maximum atomic E-state index is 11.9. The molecule has 0 spiro atoms. The Balaban J connectivity index is 1.87. The fourth-order valence-electron chi connectivity index (χ4n) is 2.87. The zero-order valence-corrected chi connectivity index (χ0v) is 10.2. The number of carbonyl (C=O) groups is 1. The van der Waals surface area contributed by atoms with Gasteiger partial charge in [0, 0.05) is 32.1 Å². The molecule has 92 valence electrons. The number of carbonyl (C=O) groups excluding carboxylic acids is 1. The molecule has 16 heavy (non-hydrogen) atoms. The van der Waals surface area contributed by atoms with Crippen LogP contribution in [0.2, 0.25) is 0 Å². The van der Waals surface area contributed by atoms with Crippen molar-refractivity contribution < 1.29 is 4.79 Å². The highest BCUT2D eigenvalue weighted by atomic mass is 16.2. The van der Waals surface area contributed by atoms with E-state index in [1.54, 1.807) is 0 Å². The van der Waals surface area contributed by atoms with Crippen LogP contribution in [0, 0.1) is 5.92 Å². The Morgan fingerprint density at radius 1 is 1.38 bits per heavy atom. The van der Waals surface area contributed by atoms with Crippen LogP contribution in [-0.4, -0.2) is 54.5 Å². The highest BCUT2D eigenvalue weighted by Crippen LogP contribution is 2.24.